The van der Waals surface area contributed by atoms with E-state index in [1.807, 2.05) is 6.92 Å². The molecule has 2 aromatic rings. The summed E-state index contributed by atoms with van der Waals surface area (Å²) in [4.78, 5) is 23.5. The van der Waals surface area contributed by atoms with Crippen LogP contribution in [0.15, 0.2) is 42.5 Å². The lowest BCUT2D eigenvalue weighted by molar-refractivity contribution is 0.100. The van der Waals surface area contributed by atoms with Gasteiger partial charge in [0.25, 0.3) is 5.91 Å². The van der Waals surface area contributed by atoms with Crippen molar-refractivity contribution >= 4 is 29.0 Å². The zero-order valence-electron chi connectivity index (χ0n) is 13.2. The highest BCUT2D eigenvalue weighted by molar-refractivity contribution is 6.03. The number of amides is 3. The summed E-state index contributed by atoms with van der Waals surface area (Å²) in [6.07, 6.45) is 0.897. The molecular formula is C17H19FN4O2. The van der Waals surface area contributed by atoms with Crippen LogP contribution in [0.3, 0.4) is 0 Å². The monoisotopic (exact) mass is 330 g/mol. The predicted molar refractivity (Wildman–Crippen MR) is 92.8 cm³/mol. The number of nitrogens with one attached hydrogen (secondary N) is 3. The van der Waals surface area contributed by atoms with Gasteiger partial charge in [0.05, 0.1) is 5.56 Å². The average molecular weight is 330 g/mol. The van der Waals surface area contributed by atoms with Crippen molar-refractivity contribution < 1.29 is 14.0 Å². The van der Waals surface area contributed by atoms with E-state index in [9.17, 15) is 14.0 Å². The highest BCUT2D eigenvalue weighted by Crippen LogP contribution is 2.21. The molecule has 7 heteroatoms. The van der Waals surface area contributed by atoms with Crippen LogP contribution in [0.2, 0.25) is 0 Å². The first-order chi connectivity index (χ1) is 11.5. The number of halogens is 1. The second-order valence-corrected chi connectivity index (χ2v) is 5.14. The molecule has 0 aliphatic rings. The zero-order valence-corrected chi connectivity index (χ0v) is 13.2. The Morgan fingerprint density at radius 2 is 1.79 bits per heavy atom. The Bertz CT molecular complexity index is 749. The summed E-state index contributed by atoms with van der Waals surface area (Å²) < 4.78 is 13.1. The summed E-state index contributed by atoms with van der Waals surface area (Å²) in [6.45, 7) is 2.71. The number of carbonyl (C=O) groups excluding carboxylic acids is 2. The van der Waals surface area contributed by atoms with E-state index in [-0.39, 0.29) is 5.56 Å². The zero-order chi connectivity index (χ0) is 17.5. The minimum absolute atomic E-state index is 0.284. The third-order valence-corrected chi connectivity index (χ3v) is 3.19. The lowest BCUT2D eigenvalue weighted by Crippen LogP contribution is -2.20. The maximum absolute atomic E-state index is 13.1. The minimum Gasteiger partial charge on any atom is -0.384 e. The van der Waals surface area contributed by atoms with E-state index in [1.165, 1.54) is 24.3 Å². The van der Waals surface area contributed by atoms with Gasteiger partial charge in [-0.05, 0) is 42.8 Å². The summed E-state index contributed by atoms with van der Waals surface area (Å²) in [5, 5.41) is 8.19. The van der Waals surface area contributed by atoms with Crippen molar-refractivity contribution in [2.75, 3.05) is 22.5 Å². The molecule has 0 aliphatic carbocycles. The maximum Gasteiger partial charge on any atom is 0.323 e. The second kappa shape index (κ2) is 7.96. The molecule has 0 saturated carbocycles. The molecular weight excluding hydrogens is 311 g/mol. The molecule has 0 saturated heterocycles. The van der Waals surface area contributed by atoms with E-state index in [1.54, 1.807) is 18.2 Å². The SMILES string of the molecule is CCCNc1ccc(NC(=O)Nc2cccc(F)c2)cc1C(N)=O. The van der Waals surface area contributed by atoms with Gasteiger partial charge in [0.15, 0.2) is 0 Å². The number of rotatable bonds is 6. The fraction of sp³-hybridized carbons (Fsp3) is 0.176. The average Bonchev–Trinajstić information content (AvgIpc) is 2.53. The van der Waals surface area contributed by atoms with Gasteiger partial charge in [-0.3, -0.25) is 4.79 Å². The van der Waals surface area contributed by atoms with Crippen molar-refractivity contribution in [3.63, 3.8) is 0 Å². The first-order valence-corrected chi connectivity index (χ1v) is 7.51. The molecule has 0 aliphatic heterocycles. The van der Waals surface area contributed by atoms with Crippen LogP contribution in [0.4, 0.5) is 26.2 Å². The fourth-order valence-corrected chi connectivity index (χ4v) is 2.10. The Morgan fingerprint density at radius 1 is 1.08 bits per heavy atom. The largest absolute Gasteiger partial charge is 0.384 e. The Hall–Kier alpha value is -3.09. The molecule has 6 nitrogen and oxygen atoms in total. The topological polar surface area (TPSA) is 96.2 Å². The number of urea groups is 1. The molecule has 0 atom stereocenters. The summed E-state index contributed by atoms with van der Waals surface area (Å²) in [7, 11) is 0. The summed E-state index contributed by atoms with van der Waals surface area (Å²) in [5.41, 5.74) is 7.00. The molecule has 0 spiro atoms. The van der Waals surface area contributed by atoms with Crippen molar-refractivity contribution in [3.05, 3.63) is 53.8 Å². The second-order valence-electron chi connectivity index (χ2n) is 5.14. The normalized spacial score (nSPS) is 10.1. The third-order valence-electron chi connectivity index (χ3n) is 3.19. The lowest BCUT2D eigenvalue weighted by Gasteiger charge is -2.12. The van der Waals surface area contributed by atoms with E-state index >= 15 is 0 Å². The summed E-state index contributed by atoms with van der Waals surface area (Å²) in [5.74, 6) is -1.04. The number of primary amides is 1. The van der Waals surface area contributed by atoms with Crippen molar-refractivity contribution in [2.45, 2.75) is 13.3 Å². The molecule has 5 N–H and O–H groups in total. The summed E-state index contributed by atoms with van der Waals surface area (Å²) in [6, 6.07) is 9.80. The molecule has 126 valence electrons. The van der Waals surface area contributed by atoms with Crippen LogP contribution in [0.25, 0.3) is 0 Å². The summed E-state index contributed by atoms with van der Waals surface area (Å²) >= 11 is 0. The number of hydrogen-bond donors (Lipinski definition) is 4. The predicted octanol–water partition coefficient (Wildman–Crippen LogP) is 3.39. The van der Waals surface area contributed by atoms with Gasteiger partial charge in [-0.2, -0.15) is 0 Å². The van der Waals surface area contributed by atoms with E-state index in [0.717, 1.165) is 6.42 Å². The first kappa shape index (κ1) is 17.3. The Morgan fingerprint density at radius 3 is 2.42 bits per heavy atom. The smallest absolute Gasteiger partial charge is 0.323 e. The molecule has 0 fully saturated rings. The van der Waals surface area contributed by atoms with Gasteiger partial charge < -0.3 is 21.7 Å². The van der Waals surface area contributed by atoms with E-state index in [0.29, 0.717) is 23.6 Å². The van der Waals surface area contributed by atoms with Crippen molar-refractivity contribution in [1.82, 2.24) is 0 Å². The third kappa shape index (κ3) is 4.70. The van der Waals surface area contributed by atoms with Gasteiger partial charge in [-0.1, -0.05) is 13.0 Å². The van der Waals surface area contributed by atoms with Crippen molar-refractivity contribution in [3.8, 4) is 0 Å². The van der Waals surface area contributed by atoms with Gasteiger partial charge in [0.1, 0.15) is 5.82 Å². The Labute approximate surface area is 139 Å². The highest BCUT2D eigenvalue weighted by Gasteiger charge is 2.11. The van der Waals surface area contributed by atoms with Gasteiger partial charge in [0, 0.05) is 23.6 Å². The number of hydrogen-bond acceptors (Lipinski definition) is 3. The van der Waals surface area contributed by atoms with Crippen LogP contribution < -0.4 is 21.7 Å². The fourth-order valence-electron chi connectivity index (χ4n) is 2.10. The highest BCUT2D eigenvalue weighted by atomic mass is 19.1. The number of carbonyl (C=O) groups is 2. The molecule has 0 aromatic heterocycles. The Balaban J connectivity index is 2.10. The molecule has 0 heterocycles. The molecule has 0 bridgehead atoms. The molecule has 24 heavy (non-hydrogen) atoms. The molecule has 0 radical (unpaired) electrons. The van der Waals surface area contributed by atoms with Crippen LogP contribution in [0.5, 0.6) is 0 Å². The quantitative estimate of drug-likeness (QED) is 0.653. The Kier molecular flexibility index (Phi) is 5.73. The van der Waals surface area contributed by atoms with Crippen LogP contribution in [0, 0.1) is 5.82 Å². The van der Waals surface area contributed by atoms with Crippen molar-refractivity contribution in [2.24, 2.45) is 5.73 Å². The van der Waals surface area contributed by atoms with Crippen molar-refractivity contribution in [1.29, 1.82) is 0 Å². The number of nitrogens with two attached hydrogens (primary N) is 1. The standard InChI is InChI=1S/C17H19FN4O2/c1-2-8-20-15-7-6-13(10-14(15)16(19)23)22-17(24)21-12-5-3-4-11(18)9-12/h3-7,9-10,20H,2,8H2,1H3,(H2,19,23)(H2,21,22,24). The van der Waals surface area contributed by atoms with E-state index in [2.05, 4.69) is 16.0 Å². The van der Waals surface area contributed by atoms with Gasteiger partial charge in [-0.25, -0.2) is 9.18 Å². The molecule has 3 amide bonds. The van der Waals surface area contributed by atoms with Crippen LogP contribution in [-0.2, 0) is 0 Å². The van der Waals surface area contributed by atoms with Gasteiger partial charge >= 0.3 is 6.03 Å². The van der Waals surface area contributed by atoms with E-state index < -0.39 is 17.8 Å². The van der Waals surface area contributed by atoms with Gasteiger partial charge in [-0.15, -0.1) is 0 Å². The van der Waals surface area contributed by atoms with Crippen LogP contribution in [-0.4, -0.2) is 18.5 Å². The maximum atomic E-state index is 13.1. The molecule has 0 unspecified atom stereocenters. The minimum atomic E-state index is -0.595. The number of benzene rings is 2. The first-order valence-electron chi connectivity index (χ1n) is 7.51. The lowest BCUT2D eigenvalue weighted by atomic mass is 10.1. The molecule has 2 aromatic carbocycles. The number of anilines is 3. The van der Waals surface area contributed by atoms with Crippen LogP contribution >= 0.6 is 0 Å². The van der Waals surface area contributed by atoms with Gasteiger partial charge in [0.2, 0.25) is 0 Å². The van der Waals surface area contributed by atoms with E-state index in [4.69, 9.17) is 5.73 Å². The molecule has 2 rings (SSSR count). The van der Waals surface area contributed by atoms with Crippen LogP contribution in [0.1, 0.15) is 23.7 Å².